The highest BCUT2D eigenvalue weighted by atomic mass is 19.2. The van der Waals surface area contributed by atoms with Crippen LogP contribution in [0.4, 0.5) is 72.3 Å². The van der Waals surface area contributed by atoms with E-state index in [9.17, 15) is 93.4 Å². The molecule has 600 valence electrons. The Morgan fingerprint density at radius 1 is 0.342 bits per heavy atom. The number of aromatic nitrogens is 1. The van der Waals surface area contributed by atoms with Crippen LogP contribution in [-0.2, 0) is 51.0 Å². The SMILES string of the molecule is CC(C)C1(c2ccc(O)cc2)C(=O)Nc2c1ccc(F)c2F.CC1(c2ccc(O)cc2)C(=O)Nc2c1ccc(F)c2F.O=C1Nc2c(ccc(F)c2F)C1(CC1CCCCC1)c1ccc(O)cc1.O=C1Nc2c(ccc(F)c2F)C1(c1ccc(O)cc1)C1CCCC1.O=C1Nc2c(ccc(F)c2F)C1(c1ccncc1)c1ccc(O)cc1. The van der Waals surface area contributed by atoms with Crippen molar-refractivity contribution in [1.29, 1.82) is 0 Å². The van der Waals surface area contributed by atoms with Crippen LogP contribution in [0.1, 0.15) is 146 Å². The average molecular weight is 1600 g/mol. The summed E-state index contributed by atoms with van der Waals surface area (Å²) in [6.07, 6.45) is 12.9. The van der Waals surface area contributed by atoms with Crippen LogP contribution in [0.3, 0.4) is 0 Å². The third kappa shape index (κ3) is 13.6. The van der Waals surface area contributed by atoms with Gasteiger partial charge in [0.25, 0.3) is 0 Å². The van der Waals surface area contributed by atoms with E-state index in [0.717, 1.165) is 81.7 Å². The Labute approximate surface area is 664 Å². The zero-order valence-electron chi connectivity index (χ0n) is 62.9. The van der Waals surface area contributed by atoms with Crippen LogP contribution in [0, 0.1) is 75.9 Å². The number of aromatic hydroxyl groups is 5. The molecule has 7 aliphatic rings. The van der Waals surface area contributed by atoms with E-state index in [4.69, 9.17) is 0 Å². The summed E-state index contributed by atoms with van der Waals surface area (Å²) in [6, 6.07) is 47.1. The summed E-state index contributed by atoms with van der Waals surface area (Å²) in [4.78, 5) is 68.0. The molecular formula is C91H76F10N6O10. The minimum atomic E-state index is -1.36. The molecule has 10 aromatic carbocycles. The van der Waals surface area contributed by atoms with Gasteiger partial charge in [-0.2, -0.15) is 0 Å². The second-order valence-electron chi connectivity index (χ2n) is 30.4. The number of carbonyl (C=O) groups is 5. The third-order valence-electron chi connectivity index (χ3n) is 23.8. The van der Waals surface area contributed by atoms with Gasteiger partial charge in [0.05, 0.1) is 33.9 Å². The van der Waals surface area contributed by atoms with Crippen LogP contribution >= 0.6 is 0 Å². The van der Waals surface area contributed by atoms with Gasteiger partial charge in [-0.05, 0) is 203 Å². The first kappa shape index (κ1) is 80.6. The molecule has 1 aromatic heterocycles. The first-order valence-corrected chi connectivity index (χ1v) is 37.8. The molecule has 0 spiro atoms. The van der Waals surface area contributed by atoms with Gasteiger partial charge in [0, 0.05) is 18.0 Å². The molecule has 5 aliphatic heterocycles. The van der Waals surface area contributed by atoms with E-state index < -0.39 is 103 Å². The molecule has 26 heteroatoms. The zero-order valence-corrected chi connectivity index (χ0v) is 62.9. The Bertz CT molecular complexity index is 5720. The molecule has 5 atom stereocenters. The van der Waals surface area contributed by atoms with Gasteiger partial charge in [0.2, 0.25) is 29.5 Å². The van der Waals surface area contributed by atoms with Gasteiger partial charge < -0.3 is 52.1 Å². The average Bonchev–Trinajstić information content (AvgIpc) is 1.62. The molecule has 16 nitrogen and oxygen atoms in total. The fraction of sp³-hybridized carbons (Fsp3) is 0.231. The van der Waals surface area contributed by atoms with E-state index in [1.165, 1.54) is 110 Å². The molecule has 0 radical (unpaired) electrons. The number of fused-ring (bicyclic) bond motifs is 5. The quantitative estimate of drug-likeness (QED) is 0.0576. The van der Waals surface area contributed by atoms with Crippen molar-refractivity contribution in [3.8, 4) is 28.7 Å². The number of carbonyl (C=O) groups excluding carboxylic acids is 5. The monoisotopic (exact) mass is 1600 g/mol. The number of halogens is 10. The van der Waals surface area contributed by atoms with Crippen LogP contribution in [0.5, 0.6) is 28.7 Å². The minimum Gasteiger partial charge on any atom is -0.508 e. The summed E-state index contributed by atoms with van der Waals surface area (Å²) in [6.45, 7) is 5.34. The lowest BCUT2D eigenvalue weighted by atomic mass is 9.65. The maximum absolute atomic E-state index is 14.3. The lowest BCUT2D eigenvalue weighted by Gasteiger charge is -2.34. The Kier molecular flexibility index (Phi) is 21.8. The molecule has 2 aliphatic carbocycles. The fourth-order valence-corrected chi connectivity index (χ4v) is 18.0. The molecule has 0 bridgehead atoms. The van der Waals surface area contributed by atoms with E-state index in [0.29, 0.717) is 73.5 Å². The summed E-state index contributed by atoms with van der Waals surface area (Å²) in [7, 11) is 0. The Hall–Kier alpha value is -13.0. The Morgan fingerprint density at radius 3 is 1.17 bits per heavy atom. The van der Waals surface area contributed by atoms with E-state index in [1.54, 1.807) is 79.7 Å². The first-order valence-electron chi connectivity index (χ1n) is 37.8. The van der Waals surface area contributed by atoms with Gasteiger partial charge in [-0.3, -0.25) is 29.0 Å². The van der Waals surface area contributed by atoms with Crippen LogP contribution in [0.25, 0.3) is 0 Å². The summed E-state index contributed by atoms with van der Waals surface area (Å²) < 4.78 is 138. The highest BCUT2D eigenvalue weighted by Crippen LogP contribution is 2.56. The van der Waals surface area contributed by atoms with Crippen LogP contribution in [-0.4, -0.2) is 60.1 Å². The van der Waals surface area contributed by atoms with Crippen molar-refractivity contribution in [2.75, 3.05) is 26.6 Å². The number of anilines is 5. The van der Waals surface area contributed by atoms with Crippen LogP contribution in [0.2, 0.25) is 0 Å². The number of hydrogen-bond donors (Lipinski definition) is 10. The van der Waals surface area contributed by atoms with Crippen LogP contribution < -0.4 is 26.6 Å². The third-order valence-corrected chi connectivity index (χ3v) is 23.8. The van der Waals surface area contributed by atoms with Gasteiger partial charge in [0.15, 0.2) is 58.2 Å². The molecule has 117 heavy (non-hydrogen) atoms. The molecule has 11 aromatic rings. The number of phenolic OH excluding ortho intramolecular Hbond substituents is 5. The van der Waals surface area contributed by atoms with Gasteiger partial charge in [0.1, 0.15) is 50.4 Å². The van der Waals surface area contributed by atoms with Gasteiger partial charge >= 0.3 is 0 Å². The van der Waals surface area contributed by atoms with Crippen molar-refractivity contribution >= 4 is 58.0 Å². The standard InChI is InChI=1S/C21H21F2NO2.C19H12F2N2O2.C19H17F2NO2.C17H15F2NO2.C15H11F2NO2/c22-17-11-10-16-19(18(17)23)24-20(26)21(16,12-13-4-2-1-3-5-13)14-6-8-15(25)9-7-14;20-15-6-5-14-17(16(15)21)23-18(25)19(14,12-7-9-22-10-8-12)11-1-3-13(24)4-2-11;20-15-10-9-14-17(16(15)21)22-18(24)19(14,11-3-1-2-4-11)12-5-7-13(23)8-6-12;1-9(2)17(10-3-5-11(21)6-4-10)12-7-8-13(18)14(19)15(12)20-16(17)22;1-15(8-2-4-9(19)5-3-8)10-6-7-11(16)12(17)13(10)18-14(15)20/h6-11,13,25H,1-5,12H2,(H,24,26);1-10,24H,(H,23,25);5-11,23H,1-4H2,(H,22,24);3-9,21H,1-2H3,(H,20,22);2-7,19H,1H3,(H,18,20). The van der Waals surface area contributed by atoms with Crippen molar-refractivity contribution in [2.24, 2.45) is 17.8 Å². The number of phenols is 5. The molecule has 6 heterocycles. The number of pyridine rings is 1. The number of nitrogens with zero attached hydrogens (tertiary/aromatic N) is 1. The van der Waals surface area contributed by atoms with Gasteiger partial charge in [-0.1, -0.05) is 150 Å². The van der Waals surface area contributed by atoms with Crippen molar-refractivity contribution in [3.63, 3.8) is 0 Å². The summed E-state index contributed by atoms with van der Waals surface area (Å²) in [5, 5.41) is 60.1. The van der Waals surface area contributed by atoms with Gasteiger partial charge in [-0.15, -0.1) is 0 Å². The Balaban J connectivity index is 0.000000121. The zero-order chi connectivity index (χ0) is 83.4. The number of amides is 5. The van der Waals surface area contributed by atoms with E-state index >= 15 is 0 Å². The fourth-order valence-electron chi connectivity index (χ4n) is 18.0. The largest absolute Gasteiger partial charge is 0.508 e. The predicted molar refractivity (Wildman–Crippen MR) is 416 cm³/mol. The second kappa shape index (κ2) is 31.7. The summed E-state index contributed by atoms with van der Waals surface area (Å²) in [5.41, 5.74) is -0.388. The van der Waals surface area contributed by atoms with Gasteiger partial charge in [-0.25, -0.2) is 43.9 Å². The Morgan fingerprint density at radius 2 is 0.684 bits per heavy atom. The van der Waals surface area contributed by atoms with Crippen molar-refractivity contribution in [1.82, 2.24) is 4.98 Å². The molecule has 10 N–H and O–H groups in total. The lowest BCUT2D eigenvalue weighted by Crippen LogP contribution is -2.42. The molecule has 18 rings (SSSR count). The normalized spacial score (nSPS) is 21.2. The highest BCUT2D eigenvalue weighted by molar-refractivity contribution is 6.13. The highest BCUT2D eigenvalue weighted by Gasteiger charge is 2.57. The molecule has 2 fully saturated rings. The van der Waals surface area contributed by atoms with Crippen molar-refractivity contribution in [2.45, 2.75) is 112 Å². The smallest absolute Gasteiger partial charge is 0.244 e. The first-order chi connectivity index (χ1) is 55.9. The van der Waals surface area contributed by atoms with E-state index in [-0.39, 0.29) is 80.8 Å². The van der Waals surface area contributed by atoms with E-state index in [2.05, 4.69) is 31.6 Å². The molecule has 0 saturated heterocycles. The predicted octanol–water partition coefficient (Wildman–Crippen LogP) is 18.8. The topological polar surface area (TPSA) is 260 Å². The molecule has 5 amide bonds. The maximum Gasteiger partial charge on any atom is 0.244 e. The summed E-state index contributed by atoms with van der Waals surface area (Å²) >= 11 is 0. The molecule has 2 saturated carbocycles. The second-order valence-corrected chi connectivity index (χ2v) is 30.4. The number of hydrogen-bond acceptors (Lipinski definition) is 11. The van der Waals surface area contributed by atoms with Crippen molar-refractivity contribution in [3.05, 3.63) is 326 Å². The molecular weight excluding hydrogens is 1530 g/mol. The van der Waals surface area contributed by atoms with Crippen molar-refractivity contribution < 1.29 is 93.4 Å². The van der Waals surface area contributed by atoms with Crippen LogP contribution in [0.15, 0.2) is 207 Å². The molecule has 5 unspecified atom stereocenters. The number of benzene rings is 10. The lowest BCUT2D eigenvalue weighted by molar-refractivity contribution is -0.121. The number of rotatable bonds is 10. The maximum atomic E-state index is 14.3. The minimum absolute atomic E-state index is 0.0214. The number of nitrogens with one attached hydrogen (secondary N) is 5. The van der Waals surface area contributed by atoms with E-state index in [1.807, 2.05) is 13.8 Å². The summed E-state index contributed by atoms with van der Waals surface area (Å²) in [5.74, 6) is -11.6.